The van der Waals surface area contributed by atoms with Gasteiger partial charge >= 0.3 is 0 Å². The van der Waals surface area contributed by atoms with Crippen LogP contribution in [0, 0.1) is 5.41 Å². The van der Waals surface area contributed by atoms with E-state index in [1.54, 1.807) is 12.1 Å². The van der Waals surface area contributed by atoms with Crippen LogP contribution in [0.3, 0.4) is 0 Å². The second-order valence-corrected chi connectivity index (χ2v) is 7.85. The van der Waals surface area contributed by atoms with Crippen LogP contribution in [0.15, 0.2) is 29.3 Å². The molecule has 0 bridgehead atoms. The molecule has 0 atom stereocenters. The first-order chi connectivity index (χ1) is 12.6. The number of nitrogens with zero attached hydrogens (tertiary/aromatic N) is 2. The Morgan fingerprint density at radius 2 is 1.88 bits per heavy atom. The van der Waals surface area contributed by atoms with Crippen molar-refractivity contribution in [1.82, 2.24) is 15.5 Å². The van der Waals surface area contributed by atoms with Crippen molar-refractivity contribution < 1.29 is 4.79 Å². The molecule has 2 fully saturated rings. The first kappa shape index (κ1) is 19.0. The highest BCUT2D eigenvalue weighted by atomic mass is 35.5. The lowest BCUT2D eigenvalue weighted by molar-refractivity contribution is 0.0954. The fraction of sp³-hybridized carbons (Fsp3) is 0.600. The number of carbonyl (C=O) groups excluding carboxylic acids is 1. The molecule has 1 saturated carbocycles. The molecule has 1 heterocycles. The third-order valence-electron chi connectivity index (χ3n) is 5.68. The van der Waals surface area contributed by atoms with Crippen LogP contribution in [0.1, 0.15) is 48.9 Å². The summed E-state index contributed by atoms with van der Waals surface area (Å²) in [7, 11) is 1.83. The lowest BCUT2D eigenvalue weighted by atomic mass is 9.73. The van der Waals surface area contributed by atoms with Gasteiger partial charge in [-0.2, -0.15) is 0 Å². The summed E-state index contributed by atoms with van der Waals surface area (Å²) in [4.78, 5) is 19.0. The Balaban J connectivity index is 1.44. The molecule has 1 aliphatic heterocycles. The smallest absolute Gasteiger partial charge is 0.252 e. The molecule has 0 radical (unpaired) electrons. The molecule has 1 aliphatic carbocycles. The third kappa shape index (κ3) is 4.50. The molecule has 3 rings (SSSR count). The summed E-state index contributed by atoms with van der Waals surface area (Å²) in [6.45, 7) is 3.36. The molecule has 1 aromatic carbocycles. The summed E-state index contributed by atoms with van der Waals surface area (Å²) in [6.07, 6.45) is 8.11. The molecule has 26 heavy (non-hydrogen) atoms. The van der Waals surface area contributed by atoms with E-state index in [-0.39, 0.29) is 5.91 Å². The monoisotopic (exact) mass is 376 g/mol. The van der Waals surface area contributed by atoms with Crippen molar-refractivity contribution in [1.29, 1.82) is 0 Å². The highest BCUT2D eigenvalue weighted by molar-refractivity contribution is 6.33. The van der Waals surface area contributed by atoms with E-state index in [4.69, 9.17) is 11.6 Å². The fourth-order valence-corrected chi connectivity index (χ4v) is 4.47. The maximum atomic E-state index is 12.2. The second-order valence-electron chi connectivity index (χ2n) is 7.44. The van der Waals surface area contributed by atoms with Crippen molar-refractivity contribution >= 4 is 23.5 Å². The molecule has 1 saturated heterocycles. The van der Waals surface area contributed by atoms with Crippen molar-refractivity contribution in [3.63, 3.8) is 0 Å². The Morgan fingerprint density at radius 3 is 2.62 bits per heavy atom. The van der Waals surface area contributed by atoms with Crippen molar-refractivity contribution in [3.05, 3.63) is 34.9 Å². The topological polar surface area (TPSA) is 56.7 Å². The molecular formula is C20H29ClN4O. The SMILES string of the molecule is CN=C(NCCNC(=O)c1ccccc1Cl)N1CCC2(CCCCC2)C1. The first-order valence-corrected chi connectivity index (χ1v) is 10.00. The van der Waals surface area contributed by atoms with Gasteiger partial charge in [-0.1, -0.05) is 43.0 Å². The van der Waals surface area contributed by atoms with E-state index in [0.717, 1.165) is 19.0 Å². The van der Waals surface area contributed by atoms with E-state index in [2.05, 4.69) is 20.5 Å². The summed E-state index contributed by atoms with van der Waals surface area (Å²) < 4.78 is 0. The van der Waals surface area contributed by atoms with Gasteiger partial charge in [-0.3, -0.25) is 9.79 Å². The average Bonchev–Trinajstić information content (AvgIpc) is 3.05. The molecule has 5 nitrogen and oxygen atoms in total. The zero-order valence-electron chi connectivity index (χ0n) is 15.6. The van der Waals surface area contributed by atoms with Crippen LogP contribution in [0.25, 0.3) is 0 Å². The minimum atomic E-state index is -0.144. The van der Waals surface area contributed by atoms with Gasteiger partial charge < -0.3 is 15.5 Å². The maximum Gasteiger partial charge on any atom is 0.252 e. The number of aliphatic imine (C=N–C) groups is 1. The van der Waals surface area contributed by atoms with Gasteiger partial charge in [-0.25, -0.2) is 0 Å². The molecule has 0 aromatic heterocycles. The standard InChI is InChI=1S/C20H29ClN4O/c1-22-19(25-14-11-20(15-25)9-5-2-6-10-20)24-13-12-23-18(26)16-7-3-4-8-17(16)21/h3-4,7-8H,2,5-6,9-15H2,1H3,(H,22,24)(H,23,26). The highest BCUT2D eigenvalue weighted by Crippen LogP contribution is 2.43. The van der Waals surface area contributed by atoms with Gasteiger partial charge in [0.05, 0.1) is 10.6 Å². The van der Waals surface area contributed by atoms with E-state index in [0.29, 0.717) is 29.1 Å². The van der Waals surface area contributed by atoms with E-state index >= 15 is 0 Å². The lowest BCUT2D eigenvalue weighted by Gasteiger charge is -2.33. The lowest BCUT2D eigenvalue weighted by Crippen LogP contribution is -2.44. The van der Waals surface area contributed by atoms with Gasteiger partial charge in [0.15, 0.2) is 5.96 Å². The number of halogens is 1. The van der Waals surface area contributed by atoms with Crippen LogP contribution in [-0.4, -0.2) is 50.0 Å². The molecule has 142 valence electrons. The fourth-order valence-electron chi connectivity index (χ4n) is 4.25. The number of hydrogen-bond donors (Lipinski definition) is 2. The molecular weight excluding hydrogens is 348 g/mol. The molecule has 6 heteroatoms. The number of likely N-dealkylation sites (tertiary alicyclic amines) is 1. The summed E-state index contributed by atoms with van der Waals surface area (Å²) >= 11 is 6.06. The minimum Gasteiger partial charge on any atom is -0.354 e. The van der Waals surface area contributed by atoms with Gasteiger partial charge in [-0.15, -0.1) is 0 Å². The largest absolute Gasteiger partial charge is 0.354 e. The highest BCUT2D eigenvalue weighted by Gasteiger charge is 2.39. The number of benzene rings is 1. The van der Waals surface area contributed by atoms with Crippen molar-refractivity contribution in [2.75, 3.05) is 33.2 Å². The number of guanidine groups is 1. The van der Waals surface area contributed by atoms with Crippen LogP contribution in [0.5, 0.6) is 0 Å². The molecule has 1 amide bonds. The van der Waals surface area contributed by atoms with E-state index in [1.807, 2.05) is 19.2 Å². The number of nitrogens with one attached hydrogen (secondary N) is 2. The quantitative estimate of drug-likeness (QED) is 0.481. The number of amides is 1. The van der Waals surface area contributed by atoms with Gasteiger partial charge in [-0.05, 0) is 36.8 Å². The van der Waals surface area contributed by atoms with Crippen LogP contribution >= 0.6 is 11.6 Å². The zero-order valence-corrected chi connectivity index (χ0v) is 16.3. The van der Waals surface area contributed by atoms with Crippen molar-refractivity contribution in [3.8, 4) is 0 Å². The van der Waals surface area contributed by atoms with E-state index in [9.17, 15) is 4.79 Å². The van der Waals surface area contributed by atoms with Crippen LogP contribution in [0.4, 0.5) is 0 Å². The van der Waals surface area contributed by atoms with E-state index < -0.39 is 0 Å². The number of hydrogen-bond acceptors (Lipinski definition) is 2. The molecule has 1 spiro atoms. The Bertz CT molecular complexity index is 655. The first-order valence-electron chi connectivity index (χ1n) is 9.62. The van der Waals surface area contributed by atoms with Crippen LogP contribution in [-0.2, 0) is 0 Å². The van der Waals surface area contributed by atoms with Crippen LogP contribution < -0.4 is 10.6 Å². The number of carbonyl (C=O) groups is 1. The molecule has 1 aromatic rings. The van der Waals surface area contributed by atoms with Gasteiger partial charge in [0.2, 0.25) is 0 Å². The molecule has 0 unspecified atom stereocenters. The number of rotatable bonds is 4. The van der Waals surface area contributed by atoms with Gasteiger partial charge in [0.1, 0.15) is 0 Å². The minimum absolute atomic E-state index is 0.144. The van der Waals surface area contributed by atoms with Crippen molar-refractivity contribution in [2.24, 2.45) is 10.4 Å². The predicted molar refractivity (Wildman–Crippen MR) is 107 cm³/mol. The zero-order chi connectivity index (χ0) is 18.4. The van der Waals surface area contributed by atoms with Crippen LogP contribution in [0.2, 0.25) is 5.02 Å². The summed E-state index contributed by atoms with van der Waals surface area (Å²) in [5.41, 5.74) is 1.02. The van der Waals surface area contributed by atoms with Gasteiger partial charge in [0, 0.05) is 33.2 Å². The second kappa shape index (κ2) is 8.76. The predicted octanol–water partition coefficient (Wildman–Crippen LogP) is 3.30. The van der Waals surface area contributed by atoms with E-state index in [1.165, 1.54) is 38.5 Å². The Hall–Kier alpha value is -1.75. The average molecular weight is 377 g/mol. The third-order valence-corrected chi connectivity index (χ3v) is 6.01. The summed E-state index contributed by atoms with van der Waals surface area (Å²) in [5.74, 6) is 0.800. The normalized spacial score (nSPS) is 19.6. The molecule has 2 aliphatic rings. The Kier molecular flexibility index (Phi) is 6.41. The summed E-state index contributed by atoms with van der Waals surface area (Å²) in [5, 5.41) is 6.77. The van der Waals surface area contributed by atoms with Gasteiger partial charge in [0.25, 0.3) is 5.91 Å². The van der Waals surface area contributed by atoms with Crippen molar-refractivity contribution in [2.45, 2.75) is 38.5 Å². The Morgan fingerprint density at radius 1 is 1.15 bits per heavy atom. The molecule has 2 N–H and O–H groups in total. The summed E-state index contributed by atoms with van der Waals surface area (Å²) in [6, 6.07) is 7.10. The maximum absolute atomic E-state index is 12.2. The Labute approximate surface area is 161 Å².